The molecule has 0 unspecified atom stereocenters. The van der Waals surface area contributed by atoms with Crippen LogP contribution in [-0.2, 0) is 9.53 Å². The van der Waals surface area contributed by atoms with E-state index in [1.54, 1.807) is 36.4 Å². The maximum Gasteiger partial charge on any atom is 0.411 e. The first-order valence-electron chi connectivity index (χ1n) is 6.66. The van der Waals surface area contributed by atoms with Gasteiger partial charge in [-0.05, 0) is 29.8 Å². The highest BCUT2D eigenvalue weighted by Gasteiger charge is 2.15. The summed E-state index contributed by atoms with van der Waals surface area (Å²) in [5.74, 6) is -0.306. The fourth-order valence-electron chi connectivity index (χ4n) is 1.84. The van der Waals surface area contributed by atoms with Crippen molar-refractivity contribution >= 4 is 23.4 Å². The van der Waals surface area contributed by atoms with Gasteiger partial charge in [0.25, 0.3) is 0 Å². The first-order chi connectivity index (χ1) is 10.6. The van der Waals surface area contributed by atoms with Crippen molar-refractivity contribution in [2.75, 3.05) is 17.7 Å². The van der Waals surface area contributed by atoms with E-state index in [9.17, 15) is 9.59 Å². The molecule has 2 aromatic rings. The lowest BCUT2D eigenvalue weighted by Gasteiger charge is -2.13. The Kier molecular flexibility index (Phi) is 5.11. The van der Waals surface area contributed by atoms with Crippen molar-refractivity contribution in [3.63, 3.8) is 0 Å². The zero-order valence-corrected chi connectivity index (χ0v) is 12.1. The van der Waals surface area contributed by atoms with Crippen LogP contribution in [0.5, 0.6) is 0 Å². The lowest BCUT2D eigenvalue weighted by molar-refractivity contribution is -0.117. The van der Waals surface area contributed by atoms with Crippen molar-refractivity contribution in [3.8, 4) is 0 Å². The molecule has 1 atom stereocenters. The lowest BCUT2D eigenvalue weighted by Crippen LogP contribution is -2.27. The van der Waals surface area contributed by atoms with Crippen molar-refractivity contribution in [2.45, 2.75) is 6.04 Å². The summed E-state index contributed by atoms with van der Waals surface area (Å²) in [5, 5.41) is 5.25. The van der Waals surface area contributed by atoms with Gasteiger partial charge in [0.15, 0.2) is 0 Å². The fourth-order valence-corrected chi connectivity index (χ4v) is 1.84. The molecule has 0 spiro atoms. The maximum atomic E-state index is 12.1. The number of ether oxygens (including phenoxy) is 1. The Hall–Kier alpha value is -2.86. The number of carbonyl (C=O) groups excluding carboxylic acids is 2. The second-order valence-electron chi connectivity index (χ2n) is 4.57. The van der Waals surface area contributed by atoms with Crippen LogP contribution in [0.1, 0.15) is 11.6 Å². The number of anilines is 2. The second kappa shape index (κ2) is 7.24. The highest BCUT2D eigenvalue weighted by molar-refractivity contribution is 5.95. The fraction of sp³-hybridized carbons (Fsp3) is 0.125. The van der Waals surface area contributed by atoms with Gasteiger partial charge in [-0.15, -0.1) is 0 Å². The van der Waals surface area contributed by atoms with E-state index in [2.05, 4.69) is 15.4 Å². The van der Waals surface area contributed by atoms with E-state index in [1.165, 1.54) is 7.11 Å². The Bertz CT molecular complexity index is 641. The topological polar surface area (TPSA) is 93.5 Å². The SMILES string of the molecule is COC(=O)Nc1ccc(NC(=O)[C@@H](N)c2ccccc2)cc1. The predicted octanol–water partition coefficient (Wildman–Crippen LogP) is 2.50. The van der Waals surface area contributed by atoms with E-state index in [-0.39, 0.29) is 5.91 Å². The average molecular weight is 299 g/mol. The van der Waals surface area contributed by atoms with Gasteiger partial charge in [0.2, 0.25) is 5.91 Å². The van der Waals surface area contributed by atoms with Crippen LogP contribution >= 0.6 is 0 Å². The summed E-state index contributed by atoms with van der Waals surface area (Å²) in [6, 6.07) is 15.0. The van der Waals surface area contributed by atoms with Crippen LogP contribution in [0.2, 0.25) is 0 Å². The highest BCUT2D eigenvalue weighted by Crippen LogP contribution is 2.16. The molecule has 0 aromatic heterocycles. The van der Waals surface area contributed by atoms with E-state index < -0.39 is 12.1 Å². The van der Waals surface area contributed by atoms with Crippen molar-refractivity contribution in [2.24, 2.45) is 5.73 Å². The first kappa shape index (κ1) is 15.5. The third-order valence-corrected chi connectivity index (χ3v) is 3.03. The maximum absolute atomic E-state index is 12.1. The minimum atomic E-state index is -0.742. The standard InChI is InChI=1S/C16H17N3O3/c1-22-16(21)19-13-9-7-12(8-10-13)18-15(20)14(17)11-5-3-2-4-6-11/h2-10,14H,17H2,1H3,(H,18,20)(H,19,21)/t14-/m0/s1. The molecular weight excluding hydrogens is 282 g/mol. The molecule has 0 saturated carbocycles. The minimum absolute atomic E-state index is 0.306. The lowest BCUT2D eigenvalue weighted by atomic mass is 10.1. The van der Waals surface area contributed by atoms with Crippen LogP contribution in [0.4, 0.5) is 16.2 Å². The summed E-state index contributed by atoms with van der Waals surface area (Å²) in [7, 11) is 1.29. The molecule has 2 rings (SSSR count). The Balaban J connectivity index is 1.98. The van der Waals surface area contributed by atoms with Crippen LogP contribution in [0, 0.1) is 0 Å². The van der Waals surface area contributed by atoms with Crippen LogP contribution in [0.25, 0.3) is 0 Å². The molecule has 0 bridgehead atoms. The molecule has 0 saturated heterocycles. The van der Waals surface area contributed by atoms with Gasteiger partial charge < -0.3 is 15.8 Å². The van der Waals surface area contributed by atoms with Crippen LogP contribution < -0.4 is 16.4 Å². The molecule has 0 aliphatic rings. The number of rotatable bonds is 4. The summed E-state index contributed by atoms with van der Waals surface area (Å²) < 4.78 is 4.49. The van der Waals surface area contributed by atoms with E-state index in [0.29, 0.717) is 11.4 Å². The molecule has 0 heterocycles. The zero-order valence-electron chi connectivity index (χ0n) is 12.1. The minimum Gasteiger partial charge on any atom is -0.453 e. The van der Waals surface area contributed by atoms with Crippen LogP contribution in [0.3, 0.4) is 0 Å². The third kappa shape index (κ3) is 4.07. The molecule has 0 radical (unpaired) electrons. The molecule has 114 valence electrons. The van der Waals surface area contributed by atoms with Gasteiger partial charge in [-0.3, -0.25) is 10.1 Å². The van der Waals surface area contributed by atoms with Crippen molar-refractivity contribution in [3.05, 3.63) is 60.2 Å². The predicted molar refractivity (Wildman–Crippen MR) is 84.5 cm³/mol. The Morgan fingerprint density at radius 1 is 0.955 bits per heavy atom. The monoisotopic (exact) mass is 299 g/mol. The zero-order chi connectivity index (χ0) is 15.9. The van der Waals surface area contributed by atoms with Crippen molar-refractivity contribution < 1.29 is 14.3 Å². The summed E-state index contributed by atoms with van der Waals surface area (Å²) in [4.78, 5) is 23.2. The van der Waals surface area contributed by atoms with Gasteiger partial charge in [0.1, 0.15) is 6.04 Å². The Morgan fingerprint density at radius 3 is 2.05 bits per heavy atom. The summed E-state index contributed by atoms with van der Waals surface area (Å²) in [6.45, 7) is 0. The first-order valence-corrected chi connectivity index (χ1v) is 6.66. The largest absolute Gasteiger partial charge is 0.453 e. The quantitative estimate of drug-likeness (QED) is 0.808. The number of carbonyl (C=O) groups is 2. The molecular formula is C16H17N3O3. The van der Waals surface area contributed by atoms with Gasteiger partial charge in [-0.25, -0.2) is 4.79 Å². The molecule has 2 amide bonds. The number of nitrogens with two attached hydrogens (primary N) is 1. The molecule has 6 nitrogen and oxygen atoms in total. The van der Waals surface area contributed by atoms with Crippen molar-refractivity contribution in [1.29, 1.82) is 0 Å². The smallest absolute Gasteiger partial charge is 0.411 e. The van der Waals surface area contributed by atoms with Gasteiger partial charge in [0, 0.05) is 11.4 Å². The number of nitrogens with one attached hydrogen (secondary N) is 2. The normalized spacial score (nSPS) is 11.4. The number of methoxy groups -OCH3 is 1. The Labute approximate surface area is 128 Å². The molecule has 0 aliphatic heterocycles. The van der Waals surface area contributed by atoms with Gasteiger partial charge in [0.05, 0.1) is 7.11 Å². The van der Waals surface area contributed by atoms with Crippen molar-refractivity contribution in [1.82, 2.24) is 0 Å². The average Bonchev–Trinajstić information content (AvgIpc) is 2.56. The number of hydrogen-bond acceptors (Lipinski definition) is 4. The third-order valence-electron chi connectivity index (χ3n) is 3.03. The van der Waals surface area contributed by atoms with Gasteiger partial charge >= 0.3 is 6.09 Å². The van der Waals surface area contributed by atoms with E-state index in [1.807, 2.05) is 18.2 Å². The summed E-state index contributed by atoms with van der Waals surface area (Å²) in [5.41, 5.74) is 7.81. The number of amides is 2. The van der Waals surface area contributed by atoms with E-state index in [4.69, 9.17) is 5.73 Å². The summed E-state index contributed by atoms with van der Waals surface area (Å²) >= 11 is 0. The van der Waals surface area contributed by atoms with Gasteiger partial charge in [-0.1, -0.05) is 30.3 Å². The van der Waals surface area contributed by atoms with Crippen LogP contribution in [-0.4, -0.2) is 19.1 Å². The second-order valence-corrected chi connectivity index (χ2v) is 4.57. The van der Waals surface area contributed by atoms with Crippen LogP contribution in [0.15, 0.2) is 54.6 Å². The molecule has 2 aromatic carbocycles. The molecule has 22 heavy (non-hydrogen) atoms. The highest BCUT2D eigenvalue weighted by atomic mass is 16.5. The number of hydrogen-bond donors (Lipinski definition) is 3. The molecule has 0 aliphatic carbocycles. The molecule has 6 heteroatoms. The number of benzene rings is 2. The van der Waals surface area contributed by atoms with E-state index >= 15 is 0 Å². The molecule has 0 fully saturated rings. The Morgan fingerprint density at radius 2 is 1.50 bits per heavy atom. The van der Waals surface area contributed by atoms with Gasteiger partial charge in [-0.2, -0.15) is 0 Å². The molecule has 4 N–H and O–H groups in total. The summed E-state index contributed by atoms with van der Waals surface area (Å²) in [6.07, 6.45) is -0.553. The van der Waals surface area contributed by atoms with E-state index in [0.717, 1.165) is 5.56 Å².